The number of hydrogen-bond acceptors (Lipinski definition) is 9. The van der Waals surface area contributed by atoms with Gasteiger partial charge in [0.15, 0.2) is 5.82 Å². The van der Waals surface area contributed by atoms with Crippen LogP contribution in [-0.2, 0) is 14.3 Å². The van der Waals surface area contributed by atoms with Gasteiger partial charge in [-0.1, -0.05) is 12.8 Å². The van der Waals surface area contributed by atoms with E-state index in [0.29, 0.717) is 44.6 Å². The van der Waals surface area contributed by atoms with Gasteiger partial charge in [-0.15, -0.1) is 0 Å². The largest absolute Gasteiger partial charge is 0.444 e. The van der Waals surface area contributed by atoms with E-state index in [4.69, 9.17) is 20.9 Å². The van der Waals surface area contributed by atoms with Gasteiger partial charge < -0.3 is 30.7 Å². The van der Waals surface area contributed by atoms with E-state index in [2.05, 4.69) is 20.0 Å². The molecule has 0 radical (unpaired) electrons. The molecular weight excluding hydrogens is 578 g/mol. The molecule has 2 aliphatic heterocycles. The van der Waals surface area contributed by atoms with Crippen LogP contribution in [0, 0.1) is 0 Å². The normalized spacial score (nSPS) is 22.2. The monoisotopic (exact) mass is 623 g/mol. The molecule has 1 aromatic rings. The maximum atomic E-state index is 12.9. The number of nitrogens with two attached hydrogens (primary N) is 2. The number of guanidine groups is 1. The number of likely N-dealkylation sites (tertiary alicyclic amines) is 1. The molecule has 45 heavy (non-hydrogen) atoms. The number of nitrogens with zero attached hydrogens (tertiary/aromatic N) is 7. The maximum Gasteiger partial charge on any atom is 0.415 e. The van der Waals surface area contributed by atoms with Gasteiger partial charge in [-0.2, -0.15) is 4.99 Å². The Morgan fingerprint density at radius 2 is 1.87 bits per heavy atom. The summed E-state index contributed by atoms with van der Waals surface area (Å²) in [6, 6.07) is 3.44. The highest BCUT2D eigenvalue weighted by Crippen LogP contribution is 2.36. The molecule has 1 aliphatic carbocycles. The minimum atomic E-state index is -0.698. The predicted octanol–water partition coefficient (Wildman–Crippen LogP) is 3.53. The van der Waals surface area contributed by atoms with Gasteiger partial charge in [0.1, 0.15) is 16.9 Å². The van der Waals surface area contributed by atoms with Crippen LogP contribution in [0.3, 0.4) is 0 Å². The number of carbonyl (C=O) groups is 3. The number of ether oxygens (including phenoxy) is 2. The lowest BCUT2D eigenvalue weighted by atomic mass is 9.95. The first-order valence-electron chi connectivity index (χ1n) is 15.3. The number of allylic oxidation sites excluding steroid dienone is 1. The second-order valence-electron chi connectivity index (χ2n) is 12.9. The van der Waals surface area contributed by atoms with Crippen LogP contribution in [0.2, 0.25) is 0 Å². The standard InChI is InChI=1S/C31H45N9O5/c1-30(2,3)44-28(42)39-15-8-13-31(14-16-39)20-40(29(43)45-31)23-11-12-25(34-19-23)37-27(33)35-18-21(32)17-24(26(41)38(4)5)36-22-9-6-7-10-22/h11-12,17-19,22H,6-10,13-16,20,32H2,1-5H3,(H2,33,34,37). The molecule has 1 atom stereocenters. The number of aliphatic imine (C=N–C) groups is 3. The summed E-state index contributed by atoms with van der Waals surface area (Å²) in [4.78, 5) is 60.0. The van der Waals surface area contributed by atoms with Crippen molar-refractivity contribution in [1.29, 1.82) is 0 Å². The van der Waals surface area contributed by atoms with Crippen molar-refractivity contribution in [1.82, 2.24) is 14.8 Å². The topological polar surface area (TPSA) is 181 Å². The number of anilines is 1. The van der Waals surface area contributed by atoms with Gasteiger partial charge in [-0.3, -0.25) is 14.7 Å². The third-order valence-corrected chi connectivity index (χ3v) is 7.71. The Morgan fingerprint density at radius 3 is 2.51 bits per heavy atom. The summed E-state index contributed by atoms with van der Waals surface area (Å²) in [5, 5.41) is 0. The van der Waals surface area contributed by atoms with Crippen molar-refractivity contribution in [3.05, 3.63) is 30.1 Å². The van der Waals surface area contributed by atoms with E-state index in [-0.39, 0.29) is 41.2 Å². The molecule has 0 bridgehead atoms. The Balaban J connectivity index is 1.38. The molecule has 14 heteroatoms. The molecule has 1 unspecified atom stereocenters. The van der Waals surface area contributed by atoms with Gasteiger partial charge in [0, 0.05) is 33.6 Å². The number of amides is 3. The fourth-order valence-corrected chi connectivity index (χ4v) is 5.46. The number of rotatable bonds is 6. The summed E-state index contributed by atoms with van der Waals surface area (Å²) < 4.78 is 11.4. The SMILES string of the molecule is CN(C)C(=O)C(C=C(N)C=NC(N)=Nc1ccc(N2CC3(CCCN(C(=O)OC(C)(C)C)CC3)OC2=O)cn1)=NC1CCCC1. The number of aromatic nitrogens is 1. The van der Waals surface area contributed by atoms with Crippen molar-refractivity contribution in [2.45, 2.75) is 83.0 Å². The zero-order chi connectivity index (χ0) is 32.8. The minimum absolute atomic E-state index is 0.0904. The molecule has 3 amide bonds. The van der Waals surface area contributed by atoms with Crippen LogP contribution in [0.5, 0.6) is 0 Å². The fourth-order valence-electron chi connectivity index (χ4n) is 5.46. The van der Waals surface area contributed by atoms with Gasteiger partial charge >= 0.3 is 12.2 Å². The first-order valence-corrected chi connectivity index (χ1v) is 15.3. The molecule has 3 fully saturated rings. The average Bonchev–Trinajstić information content (AvgIpc) is 3.53. The number of carbonyl (C=O) groups excluding carboxylic acids is 3. The summed E-state index contributed by atoms with van der Waals surface area (Å²) >= 11 is 0. The van der Waals surface area contributed by atoms with Crippen molar-refractivity contribution in [3.63, 3.8) is 0 Å². The van der Waals surface area contributed by atoms with Crippen LogP contribution in [0.25, 0.3) is 0 Å². The third kappa shape index (κ3) is 9.25. The molecule has 2 saturated heterocycles. The lowest BCUT2D eigenvalue weighted by Crippen LogP contribution is -2.39. The molecule has 3 aliphatic rings. The Kier molecular flexibility index (Phi) is 10.5. The Labute approximate surface area is 264 Å². The highest BCUT2D eigenvalue weighted by atomic mass is 16.6. The van der Waals surface area contributed by atoms with E-state index in [9.17, 15) is 14.4 Å². The fraction of sp³-hybridized carbons (Fsp3) is 0.581. The minimum Gasteiger partial charge on any atom is -0.444 e. The summed E-state index contributed by atoms with van der Waals surface area (Å²) in [5.74, 6) is -0.0434. The van der Waals surface area contributed by atoms with Crippen LogP contribution < -0.4 is 16.4 Å². The van der Waals surface area contributed by atoms with Crippen LogP contribution >= 0.6 is 0 Å². The molecule has 14 nitrogen and oxygen atoms in total. The number of hydrogen-bond donors (Lipinski definition) is 2. The van der Waals surface area contributed by atoms with Crippen molar-refractivity contribution < 1.29 is 23.9 Å². The van der Waals surface area contributed by atoms with Crippen LogP contribution in [0.15, 0.2) is 45.1 Å². The molecule has 0 aromatic carbocycles. The third-order valence-electron chi connectivity index (χ3n) is 7.71. The zero-order valence-corrected chi connectivity index (χ0v) is 26.9. The maximum absolute atomic E-state index is 12.9. The van der Waals surface area contributed by atoms with Crippen LogP contribution in [0.1, 0.15) is 65.7 Å². The molecule has 244 valence electrons. The van der Waals surface area contributed by atoms with E-state index in [1.165, 1.54) is 28.3 Å². The van der Waals surface area contributed by atoms with E-state index in [1.54, 1.807) is 31.1 Å². The van der Waals surface area contributed by atoms with Crippen LogP contribution in [0.4, 0.5) is 21.1 Å². The van der Waals surface area contributed by atoms with E-state index in [0.717, 1.165) is 25.7 Å². The average molecular weight is 624 g/mol. The second-order valence-corrected chi connectivity index (χ2v) is 12.9. The summed E-state index contributed by atoms with van der Waals surface area (Å²) in [6.45, 7) is 6.82. The molecule has 1 saturated carbocycles. The van der Waals surface area contributed by atoms with Crippen molar-refractivity contribution in [2.24, 2.45) is 26.4 Å². The smallest absolute Gasteiger partial charge is 0.415 e. The highest BCUT2D eigenvalue weighted by molar-refractivity contribution is 6.43. The number of pyridine rings is 1. The summed E-state index contributed by atoms with van der Waals surface area (Å²) in [6.07, 6.45) is 9.43. The Morgan fingerprint density at radius 1 is 1.13 bits per heavy atom. The molecular formula is C31H45N9O5. The first-order chi connectivity index (χ1) is 21.2. The molecule has 3 heterocycles. The van der Waals surface area contributed by atoms with Gasteiger partial charge in [0.05, 0.1) is 36.4 Å². The second kappa shape index (κ2) is 14.1. The van der Waals surface area contributed by atoms with Crippen molar-refractivity contribution in [2.75, 3.05) is 38.6 Å². The van der Waals surface area contributed by atoms with Crippen LogP contribution in [-0.4, -0.2) is 102 Å². The van der Waals surface area contributed by atoms with Crippen molar-refractivity contribution >= 4 is 47.5 Å². The zero-order valence-electron chi connectivity index (χ0n) is 26.9. The Hall–Kier alpha value is -4.49. The van der Waals surface area contributed by atoms with E-state index in [1.807, 2.05) is 20.8 Å². The van der Waals surface area contributed by atoms with E-state index < -0.39 is 17.3 Å². The van der Waals surface area contributed by atoms with E-state index >= 15 is 0 Å². The molecule has 4 N–H and O–H groups in total. The lowest BCUT2D eigenvalue weighted by molar-refractivity contribution is -0.121. The van der Waals surface area contributed by atoms with Gasteiger partial charge in [-0.25, -0.2) is 19.6 Å². The van der Waals surface area contributed by atoms with Crippen molar-refractivity contribution in [3.8, 4) is 0 Å². The lowest BCUT2D eigenvalue weighted by Gasteiger charge is -2.27. The highest BCUT2D eigenvalue weighted by Gasteiger charge is 2.47. The first kappa shape index (κ1) is 33.4. The quantitative estimate of drug-likeness (QED) is 0.356. The molecule has 4 rings (SSSR count). The molecule has 1 aromatic heterocycles. The molecule has 1 spiro atoms. The van der Waals surface area contributed by atoms with Gasteiger partial charge in [0.25, 0.3) is 5.91 Å². The predicted molar refractivity (Wildman–Crippen MR) is 173 cm³/mol. The summed E-state index contributed by atoms with van der Waals surface area (Å²) in [7, 11) is 3.33. The van der Waals surface area contributed by atoms with Gasteiger partial charge in [0.2, 0.25) is 5.96 Å². The summed E-state index contributed by atoms with van der Waals surface area (Å²) in [5.41, 5.74) is 11.8. The Bertz CT molecular complexity index is 1370. The van der Waals surface area contributed by atoms with Gasteiger partial charge in [-0.05, 0) is 64.7 Å².